The van der Waals surface area contributed by atoms with Gasteiger partial charge in [-0.15, -0.1) is 13.2 Å². The van der Waals surface area contributed by atoms with Gasteiger partial charge in [-0.05, 0) is 42.5 Å². The molecule has 0 bridgehead atoms. The van der Waals surface area contributed by atoms with E-state index in [1.807, 2.05) is 10.8 Å². The van der Waals surface area contributed by atoms with Crippen LogP contribution in [0.2, 0.25) is 0 Å². The van der Waals surface area contributed by atoms with Crippen molar-refractivity contribution in [2.45, 2.75) is 25.7 Å². The van der Waals surface area contributed by atoms with E-state index in [1.165, 1.54) is 24.5 Å². The first kappa shape index (κ1) is 21.7. The number of halogens is 3. The number of ether oxygens (including phenoxy) is 1. The van der Waals surface area contributed by atoms with E-state index < -0.39 is 6.36 Å². The number of nitrogens with two attached hydrogens (primary N) is 1. The number of carbonyl (C=O) groups excluding carboxylic acids is 1. The molecule has 32 heavy (non-hydrogen) atoms. The largest absolute Gasteiger partial charge is 0.573 e. The van der Waals surface area contributed by atoms with Gasteiger partial charge in [-0.3, -0.25) is 4.79 Å². The summed E-state index contributed by atoms with van der Waals surface area (Å²) >= 11 is 0. The predicted octanol–water partition coefficient (Wildman–Crippen LogP) is 4.00. The number of rotatable bonds is 5. The Morgan fingerprint density at radius 3 is 2.53 bits per heavy atom. The number of nitrogens with zero attached hydrogens (tertiary/aromatic N) is 4. The first-order chi connectivity index (χ1) is 15.2. The first-order valence-electron chi connectivity index (χ1n) is 10.1. The highest BCUT2D eigenvalue weighted by Crippen LogP contribution is 2.35. The summed E-state index contributed by atoms with van der Waals surface area (Å²) in [5.74, 6) is 0.280. The molecule has 0 unspecified atom stereocenters. The Morgan fingerprint density at radius 2 is 1.91 bits per heavy atom. The molecule has 1 amide bonds. The Labute approximate surface area is 182 Å². The fraction of sp³-hybridized carbons (Fsp3) is 0.318. The molecule has 1 saturated heterocycles. The SMILES string of the molecule is C=CC(=O)N1CCC(Cn2cc(-c3ccc(OC(F)(F)F)cc3)c3c(N)ncnc32)CC1. The molecule has 7 nitrogen and oxygen atoms in total. The summed E-state index contributed by atoms with van der Waals surface area (Å²) in [5, 5.41) is 0.649. The van der Waals surface area contributed by atoms with Crippen LogP contribution in [-0.4, -0.2) is 44.8 Å². The molecule has 1 fully saturated rings. The van der Waals surface area contributed by atoms with Gasteiger partial charge >= 0.3 is 6.36 Å². The highest BCUT2D eigenvalue weighted by Gasteiger charge is 2.31. The molecule has 1 aliphatic heterocycles. The van der Waals surface area contributed by atoms with E-state index in [0.29, 0.717) is 48.0 Å². The first-order valence-corrected chi connectivity index (χ1v) is 10.1. The van der Waals surface area contributed by atoms with Gasteiger partial charge in [0.1, 0.15) is 23.5 Å². The molecule has 3 heterocycles. The lowest BCUT2D eigenvalue weighted by Crippen LogP contribution is -2.38. The van der Waals surface area contributed by atoms with E-state index in [0.717, 1.165) is 18.4 Å². The molecule has 0 aliphatic carbocycles. The second-order valence-electron chi connectivity index (χ2n) is 7.70. The molecule has 2 aromatic heterocycles. The average molecular weight is 445 g/mol. The highest BCUT2D eigenvalue weighted by atomic mass is 19.4. The van der Waals surface area contributed by atoms with Gasteiger partial charge in [-0.2, -0.15) is 0 Å². The normalized spacial score (nSPS) is 15.2. The van der Waals surface area contributed by atoms with Crippen molar-refractivity contribution >= 4 is 22.8 Å². The molecule has 168 valence electrons. The van der Waals surface area contributed by atoms with Crippen LogP contribution in [0.3, 0.4) is 0 Å². The van der Waals surface area contributed by atoms with Crippen molar-refractivity contribution in [3.05, 3.63) is 49.4 Å². The molecule has 2 N–H and O–H groups in total. The molecule has 3 aromatic rings. The zero-order chi connectivity index (χ0) is 22.9. The molecule has 1 aromatic carbocycles. The lowest BCUT2D eigenvalue weighted by molar-refractivity contribution is -0.274. The van der Waals surface area contributed by atoms with Crippen molar-refractivity contribution in [2.24, 2.45) is 5.92 Å². The third-order valence-corrected chi connectivity index (χ3v) is 5.64. The lowest BCUT2D eigenvalue weighted by atomic mass is 9.96. The van der Waals surface area contributed by atoms with Crippen molar-refractivity contribution < 1.29 is 22.7 Å². The highest BCUT2D eigenvalue weighted by molar-refractivity contribution is 6.00. The van der Waals surface area contributed by atoms with Crippen molar-refractivity contribution in [2.75, 3.05) is 18.8 Å². The van der Waals surface area contributed by atoms with Gasteiger partial charge in [0.25, 0.3) is 0 Å². The van der Waals surface area contributed by atoms with Gasteiger partial charge in [0.2, 0.25) is 5.91 Å². The maximum absolute atomic E-state index is 12.5. The van der Waals surface area contributed by atoms with Gasteiger partial charge in [-0.25, -0.2) is 9.97 Å². The molecular formula is C22H22F3N5O2. The van der Waals surface area contributed by atoms with Crippen LogP contribution in [0.25, 0.3) is 22.2 Å². The summed E-state index contributed by atoms with van der Waals surface area (Å²) in [5.41, 5.74) is 8.20. The number of aromatic nitrogens is 3. The van der Waals surface area contributed by atoms with Crippen molar-refractivity contribution in [3.63, 3.8) is 0 Å². The second-order valence-corrected chi connectivity index (χ2v) is 7.70. The minimum atomic E-state index is -4.75. The quantitative estimate of drug-likeness (QED) is 0.600. The van der Waals surface area contributed by atoms with Crippen molar-refractivity contribution in [3.8, 4) is 16.9 Å². The maximum Gasteiger partial charge on any atom is 0.573 e. The number of benzene rings is 1. The summed E-state index contributed by atoms with van der Waals surface area (Å²) in [7, 11) is 0. The number of fused-ring (bicyclic) bond motifs is 1. The fourth-order valence-corrected chi connectivity index (χ4v) is 4.08. The van der Waals surface area contributed by atoms with Crippen LogP contribution < -0.4 is 10.5 Å². The van der Waals surface area contributed by atoms with E-state index in [9.17, 15) is 18.0 Å². The zero-order valence-corrected chi connectivity index (χ0v) is 17.2. The van der Waals surface area contributed by atoms with Crippen molar-refractivity contribution in [1.82, 2.24) is 19.4 Å². The summed E-state index contributed by atoms with van der Waals surface area (Å²) < 4.78 is 43.3. The van der Waals surface area contributed by atoms with Gasteiger partial charge in [-0.1, -0.05) is 18.7 Å². The minimum absolute atomic E-state index is 0.0596. The Hall–Kier alpha value is -3.56. The number of alkyl halides is 3. The predicted molar refractivity (Wildman–Crippen MR) is 114 cm³/mol. The fourth-order valence-electron chi connectivity index (χ4n) is 4.08. The van der Waals surface area contributed by atoms with Gasteiger partial charge < -0.3 is 19.9 Å². The third-order valence-electron chi connectivity index (χ3n) is 5.64. The Kier molecular flexibility index (Phi) is 5.77. The summed E-state index contributed by atoms with van der Waals surface area (Å²) in [6.07, 6.45) is 1.57. The van der Waals surface area contributed by atoms with Crippen LogP contribution in [0.15, 0.2) is 49.4 Å². The van der Waals surface area contributed by atoms with Crippen molar-refractivity contribution in [1.29, 1.82) is 0 Å². The number of nitrogen functional groups attached to an aromatic ring is 1. The average Bonchev–Trinajstić information content (AvgIpc) is 3.13. The number of likely N-dealkylation sites (tertiary alicyclic amines) is 1. The number of hydrogen-bond donors (Lipinski definition) is 1. The minimum Gasteiger partial charge on any atom is -0.406 e. The monoisotopic (exact) mass is 445 g/mol. The van der Waals surface area contributed by atoms with Crippen LogP contribution in [0.5, 0.6) is 5.75 Å². The molecule has 0 atom stereocenters. The molecule has 10 heteroatoms. The van der Waals surface area contributed by atoms with E-state index in [4.69, 9.17) is 5.73 Å². The molecule has 0 spiro atoms. The molecule has 0 radical (unpaired) electrons. The summed E-state index contributed by atoms with van der Waals surface area (Å²) in [6, 6.07) is 5.62. The second kappa shape index (κ2) is 8.52. The standard InChI is InChI=1S/C22H22F3N5O2/c1-2-18(31)29-9-7-14(8-10-29)11-30-12-17(19-20(26)27-13-28-21(19)30)15-3-5-16(6-4-15)32-22(23,24)25/h2-6,12-14H,1,7-11H2,(H2,26,27,28). The number of hydrogen-bond acceptors (Lipinski definition) is 5. The lowest BCUT2D eigenvalue weighted by Gasteiger charge is -2.31. The topological polar surface area (TPSA) is 86.3 Å². The van der Waals surface area contributed by atoms with Crippen LogP contribution in [0, 0.1) is 5.92 Å². The Balaban J connectivity index is 1.60. The number of piperidine rings is 1. The molecular weight excluding hydrogens is 423 g/mol. The van der Waals surface area contributed by atoms with Crippen LogP contribution >= 0.6 is 0 Å². The van der Waals surface area contributed by atoms with E-state index >= 15 is 0 Å². The van der Waals surface area contributed by atoms with Crippen LogP contribution in [0.1, 0.15) is 12.8 Å². The van der Waals surface area contributed by atoms with Gasteiger partial charge in [0.15, 0.2) is 0 Å². The maximum atomic E-state index is 12.5. The summed E-state index contributed by atoms with van der Waals surface area (Å²) in [4.78, 5) is 22.1. The number of amides is 1. The smallest absolute Gasteiger partial charge is 0.406 e. The molecule has 0 saturated carbocycles. The zero-order valence-electron chi connectivity index (χ0n) is 17.2. The number of carbonyl (C=O) groups is 1. The molecule has 1 aliphatic rings. The van der Waals surface area contributed by atoms with Gasteiger partial charge in [0.05, 0.1) is 5.39 Å². The third kappa shape index (κ3) is 4.53. The molecule has 4 rings (SSSR count). The van der Waals surface area contributed by atoms with Gasteiger partial charge in [0, 0.05) is 31.4 Å². The summed E-state index contributed by atoms with van der Waals surface area (Å²) in [6.45, 7) is 5.55. The van der Waals surface area contributed by atoms with E-state index in [1.54, 1.807) is 17.0 Å². The number of anilines is 1. The van der Waals surface area contributed by atoms with Crippen LogP contribution in [-0.2, 0) is 11.3 Å². The van der Waals surface area contributed by atoms with Crippen LogP contribution in [0.4, 0.5) is 19.0 Å². The Morgan fingerprint density at radius 1 is 1.22 bits per heavy atom. The van der Waals surface area contributed by atoms with E-state index in [2.05, 4.69) is 21.3 Å². The Bertz CT molecular complexity index is 1130. The van der Waals surface area contributed by atoms with E-state index in [-0.39, 0.29) is 11.7 Å².